The van der Waals surface area contributed by atoms with E-state index in [4.69, 9.17) is 0 Å². The van der Waals surface area contributed by atoms with Crippen LogP contribution in [-0.4, -0.2) is 0 Å². The van der Waals surface area contributed by atoms with Crippen molar-refractivity contribution in [2.45, 2.75) is 0 Å². The molecular weight excluding hydrogens is 351 g/mol. The van der Waals surface area contributed by atoms with Crippen LogP contribution in [0.15, 0.2) is 0 Å². The van der Waals surface area contributed by atoms with Gasteiger partial charge in [-0.3, -0.25) is 0 Å². The standard InChI is InChI=1S/Co.Cr.Cu.Fe.Mn.Zn. The van der Waals surface area contributed by atoms with Crippen LogP contribution in [0.25, 0.3) is 0 Å². The Hall–Kier alpha value is 3.22. The van der Waals surface area contributed by atoms with Crippen LogP contribution in [0.5, 0.6) is 0 Å². The minimum atomic E-state index is 0. The molecule has 0 rings (SSSR count). The van der Waals surface area contributed by atoms with Crippen LogP contribution in [0.3, 0.4) is 0 Å². The summed E-state index contributed by atoms with van der Waals surface area (Å²) in [5.74, 6) is 0. The molecular formula is CoCrCuFeMnZn. The fourth-order valence-electron chi connectivity index (χ4n) is 0. The van der Waals surface area contributed by atoms with E-state index >= 15 is 0 Å². The van der Waals surface area contributed by atoms with Crippen LogP contribution < -0.4 is 0 Å². The van der Waals surface area contributed by atoms with Gasteiger partial charge in [0.05, 0.1) is 0 Å². The normalized spacial score (nSPS) is 0. The SMILES string of the molecule is [Co].[Cr].[Cu].[Fe].[Mn].[Zn]. The minimum absolute atomic E-state index is 0. The molecule has 0 spiro atoms. The van der Waals surface area contributed by atoms with Gasteiger partial charge in [0.1, 0.15) is 0 Å². The van der Waals surface area contributed by atoms with E-state index in [0.29, 0.717) is 0 Å². The van der Waals surface area contributed by atoms with Crippen LogP contribution in [0.1, 0.15) is 0 Å². The molecule has 0 aliphatic carbocycles. The van der Waals surface area contributed by atoms with E-state index in [0.717, 1.165) is 0 Å². The second kappa shape index (κ2) is 41.3. The molecule has 0 heterocycles. The van der Waals surface area contributed by atoms with Crippen LogP contribution in [-0.2, 0) is 105 Å². The van der Waals surface area contributed by atoms with Crippen molar-refractivity contribution in [3.8, 4) is 0 Å². The second-order valence-corrected chi connectivity index (χ2v) is 0. The summed E-state index contributed by atoms with van der Waals surface area (Å²) in [7, 11) is 0. The van der Waals surface area contributed by atoms with Gasteiger partial charge in [0.15, 0.2) is 0 Å². The molecule has 0 N–H and O–H groups in total. The van der Waals surface area contributed by atoms with E-state index in [-0.39, 0.29) is 105 Å². The first-order chi connectivity index (χ1) is 0. The van der Waals surface area contributed by atoms with Gasteiger partial charge in [0.25, 0.3) is 0 Å². The maximum Gasteiger partial charge on any atom is 0 e. The number of hydrogen-bond acceptors (Lipinski definition) is 0. The van der Waals surface area contributed by atoms with E-state index in [1.54, 1.807) is 0 Å². The molecule has 0 aromatic rings. The van der Waals surface area contributed by atoms with Gasteiger partial charge >= 0.3 is 0 Å². The Bertz CT molecular complexity index is 15.5. The van der Waals surface area contributed by atoms with Gasteiger partial charge in [-0.1, -0.05) is 0 Å². The summed E-state index contributed by atoms with van der Waals surface area (Å²) in [6.45, 7) is 0. The predicted octanol–water partition coefficient (Wildman–Crippen LogP) is -0.0150. The average molecular weight is 351 g/mol. The Labute approximate surface area is 103 Å². The molecule has 0 amide bonds. The molecule has 6 heteroatoms. The first-order valence-corrected chi connectivity index (χ1v) is 0. The van der Waals surface area contributed by atoms with E-state index in [2.05, 4.69) is 0 Å². The third kappa shape index (κ3) is 26.9. The zero-order chi connectivity index (χ0) is 0. The first-order valence-electron chi connectivity index (χ1n) is 0. The van der Waals surface area contributed by atoms with Crippen LogP contribution >= 0.6 is 0 Å². The van der Waals surface area contributed by atoms with Gasteiger partial charge in [0.2, 0.25) is 0 Å². The van der Waals surface area contributed by atoms with Crippen LogP contribution in [0.4, 0.5) is 0 Å². The maximum absolute atomic E-state index is 0. The van der Waals surface area contributed by atoms with Crippen LogP contribution in [0.2, 0.25) is 0 Å². The Balaban J connectivity index is 0. The molecule has 0 aliphatic heterocycles. The van der Waals surface area contributed by atoms with E-state index < -0.39 is 0 Å². The Kier molecular flexibility index (Phi) is 414. The molecule has 0 aliphatic rings. The second-order valence-electron chi connectivity index (χ2n) is 0. The van der Waals surface area contributed by atoms with Crippen molar-refractivity contribution in [1.82, 2.24) is 0 Å². The monoisotopic (exact) mass is 349 g/mol. The third-order valence-corrected chi connectivity index (χ3v) is 0. The molecule has 0 aromatic carbocycles. The quantitative estimate of drug-likeness (QED) is 0.539. The molecule has 0 fully saturated rings. The summed E-state index contributed by atoms with van der Waals surface area (Å²) in [4.78, 5) is 0. The summed E-state index contributed by atoms with van der Waals surface area (Å²) in [5.41, 5.74) is 0. The number of hydrogen-bond donors (Lipinski definition) is 0. The summed E-state index contributed by atoms with van der Waals surface area (Å²) in [6, 6.07) is 0. The molecule has 0 unspecified atom stereocenters. The van der Waals surface area contributed by atoms with Crippen LogP contribution in [0, 0.1) is 0 Å². The summed E-state index contributed by atoms with van der Waals surface area (Å²) >= 11 is 0. The smallest absolute Gasteiger partial charge is 0 e. The molecule has 0 saturated heterocycles. The predicted molar refractivity (Wildman–Crippen MR) is 0 cm³/mol. The summed E-state index contributed by atoms with van der Waals surface area (Å²) in [6.07, 6.45) is 0. The number of rotatable bonds is 0. The van der Waals surface area contributed by atoms with Crippen molar-refractivity contribution < 1.29 is 105 Å². The van der Waals surface area contributed by atoms with Gasteiger partial charge in [-0.05, 0) is 0 Å². The largest absolute Gasteiger partial charge is 0 e. The van der Waals surface area contributed by atoms with Crippen molar-refractivity contribution in [3.63, 3.8) is 0 Å². The average Bonchev–Trinajstić information content (AvgIpc) is 0. The Morgan fingerprint density at radius 1 is 1.00 bits per heavy atom. The van der Waals surface area contributed by atoms with E-state index in [9.17, 15) is 0 Å². The zero-order valence-electron chi connectivity index (χ0n) is 2.48. The molecule has 0 atom stereocenters. The van der Waals surface area contributed by atoms with Gasteiger partial charge in [-0.25, -0.2) is 0 Å². The fraction of sp³-hybridized carbons (Fsp3) is 0. The summed E-state index contributed by atoms with van der Waals surface area (Å²) in [5, 5.41) is 0. The van der Waals surface area contributed by atoms with E-state index in [1.165, 1.54) is 0 Å². The van der Waals surface area contributed by atoms with Gasteiger partial charge in [-0.2, -0.15) is 0 Å². The molecule has 0 nitrogen and oxygen atoms in total. The van der Waals surface area contributed by atoms with Crippen molar-refractivity contribution in [1.29, 1.82) is 0 Å². The topological polar surface area (TPSA) is 0 Å². The molecule has 0 aromatic heterocycles. The minimum Gasteiger partial charge on any atom is 0 e. The first kappa shape index (κ1) is 60.1. The van der Waals surface area contributed by atoms with Crippen molar-refractivity contribution in [2.75, 3.05) is 0 Å². The maximum atomic E-state index is 0. The zero-order valence-corrected chi connectivity index (χ0v) is 11.0. The van der Waals surface area contributed by atoms with Gasteiger partial charge in [-0.15, -0.1) is 0 Å². The Morgan fingerprint density at radius 2 is 1.00 bits per heavy atom. The molecule has 0 bridgehead atoms. The molecule has 43 valence electrons. The van der Waals surface area contributed by atoms with Crippen molar-refractivity contribution in [2.24, 2.45) is 0 Å². The van der Waals surface area contributed by atoms with E-state index in [1.807, 2.05) is 0 Å². The third-order valence-electron chi connectivity index (χ3n) is 0. The molecule has 0 saturated carbocycles. The van der Waals surface area contributed by atoms with Crippen molar-refractivity contribution in [3.05, 3.63) is 0 Å². The molecule has 6 heavy (non-hydrogen) atoms. The van der Waals surface area contributed by atoms with Crippen molar-refractivity contribution >= 4 is 0 Å². The fourth-order valence-corrected chi connectivity index (χ4v) is 0. The van der Waals surface area contributed by atoms with Gasteiger partial charge in [0, 0.05) is 105 Å². The Morgan fingerprint density at radius 3 is 1.00 bits per heavy atom. The molecule has 3 radical (unpaired) electrons. The van der Waals surface area contributed by atoms with Gasteiger partial charge < -0.3 is 0 Å². The summed E-state index contributed by atoms with van der Waals surface area (Å²) < 4.78 is 0.